The summed E-state index contributed by atoms with van der Waals surface area (Å²) in [5.41, 5.74) is 3.27. The van der Waals surface area contributed by atoms with Crippen molar-refractivity contribution in [1.29, 1.82) is 0 Å². The van der Waals surface area contributed by atoms with Gasteiger partial charge in [-0.1, -0.05) is 17.6 Å². The molecule has 3 aromatic rings. The molecule has 1 amide bonds. The Balaban J connectivity index is 1.81. The van der Waals surface area contributed by atoms with E-state index in [-0.39, 0.29) is 22.7 Å². The number of aromatic nitrogens is 2. The Morgan fingerprint density at radius 2 is 2.07 bits per heavy atom. The van der Waals surface area contributed by atoms with Gasteiger partial charge in [-0.25, -0.2) is 9.37 Å². The molecule has 1 aliphatic rings. The van der Waals surface area contributed by atoms with Gasteiger partial charge in [0.05, 0.1) is 23.1 Å². The largest absolute Gasteiger partial charge is 0.352 e. The van der Waals surface area contributed by atoms with Crippen molar-refractivity contribution in [3.05, 3.63) is 47.5 Å². The number of rotatable bonds is 3. The minimum absolute atomic E-state index is 0.131. The van der Waals surface area contributed by atoms with Crippen LogP contribution in [0.1, 0.15) is 15.9 Å². The van der Waals surface area contributed by atoms with Gasteiger partial charge in [0.2, 0.25) is 0 Å². The van der Waals surface area contributed by atoms with Crippen LogP contribution in [0, 0.1) is 12.7 Å². The van der Waals surface area contributed by atoms with Crippen LogP contribution in [0.4, 0.5) is 15.8 Å². The Hall–Kier alpha value is -2.87. The van der Waals surface area contributed by atoms with E-state index in [0.717, 1.165) is 18.7 Å². The van der Waals surface area contributed by atoms with Crippen LogP contribution in [-0.2, 0) is 0 Å². The molecular formula is C19H19BFN5O. The molecule has 2 aromatic carbocycles. The number of halogens is 1. The lowest BCUT2D eigenvalue weighted by Crippen LogP contribution is -2.46. The molecule has 1 aliphatic heterocycles. The van der Waals surface area contributed by atoms with Crippen LogP contribution in [0.3, 0.4) is 0 Å². The second kappa shape index (κ2) is 7.04. The lowest BCUT2D eigenvalue weighted by molar-refractivity contribution is 0.0736. The van der Waals surface area contributed by atoms with E-state index in [0.29, 0.717) is 29.8 Å². The van der Waals surface area contributed by atoms with E-state index in [1.165, 1.54) is 6.33 Å². The number of fused-ring (bicyclic) bond motifs is 1. The molecule has 2 heterocycles. The Bertz CT molecular complexity index is 1010. The molecule has 8 heteroatoms. The second-order valence-electron chi connectivity index (χ2n) is 6.65. The number of carbonyl (C=O) groups excluding carboxylic acids is 1. The van der Waals surface area contributed by atoms with Crippen molar-refractivity contribution in [2.75, 3.05) is 31.5 Å². The highest BCUT2D eigenvalue weighted by molar-refractivity contribution is 6.32. The summed E-state index contributed by atoms with van der Waals surface area (Å²) in [4.78, 5) is 21.8. The number of piperazine rings is 1. The molecule has 6 nitrogen and oxygen atoms in total. The van der Waals surface area contributed by atoms with Crippen molar-refractivity contribution < 1.29 is 9.18 Å². The molecule has 2 radical (unpaired) electrons. The summed E-state index contributed by atoms with van der Waals surface area (Å²) in [5.74, 6) is -0.758. The molecule has 0 aliphatic carbocycles. The average molecular weight is 363 g/mol. The Morgan fingerprint density at radius 1 is 1.30 bits per heavy atom. The third-order valence-corrected chi connectivity index (χ3v) is 4.80. The number of benzene rings is 2. The number of H-pyrrole nitrogens is 1. The molecule has 1 saturated heterocycles. The van der Waals surface area contributed by atoms with Gasteiger partial charge >= 0.3 is 0 Å². The maximum absolute atomic E-state index is 15.2. The molecule has 1 fully saturated rings. The number of hydrogen-bond donors (Lipinski definition) is 3. The summed E-state index contributed by atoms with van der Waals surface area (Å²) >= 11 is 0. The van der Waals surface area contributed by atoms with Crippen LogP contribution in [0.25, 0.3) is 11.0 Å². The quantitative estimate of drug-likeness (QED) is 0.618. The monoisotopic (exact) mass is 363 g/mol. The van der Waals surface area contributed by atoms with Crippen LogP contribution in [-0.4, -0.2) is 54.8 Å². The fourth-order valence-electron chi connectivity index (χ4n) is 3.33. The summed E-state index contributed by atoms with van der Waals surface area (Å²) < 4.78 is 15.2. The van der Waals surface area contributed by atoms with E-state index in [1.54, 1.807) is 29.2 Å². The van der Waals surface area contributed by atoms with Crippen LogP contribution in [0.2, 0.25) is 0 Å². The first-order valence-corrected chi connectivity index (χ1v) is 8.83. The molecule has 3 N–H and O–H groups in total. The SMILES string of the molecule is [B]c1ccc(Nc2c(C(=O)N3CCNCC3)cc3[nH]cnc3c2F)c(C)c1. The smallest absolute Gasteiger partial charge is 0.256 e. The standard InChI is InChI=1S/C19H19BFN5O/c1-11-8-12(20)2-3-14(11)25-17-13(19(27)26-6-4-22-5-7-26)9-15-18(16(17)21)24-10-23-15/h2-3,8-10,22,25H,4-7H2,1H3,(H,23,24). The Morgan fingerprint density at radius 3 is 2.81 bits per heavy atom. The number of carbonyl (C=O) groups is 1. The van der Waals surface area contributed by atoms with Crippen molar-refractivity contribution in [3.63, 3.8) is 0 Å². The molecule has 4 rings (SSSR count). The minimum atomic E-state index is -0.552. The molecule has 0 saturated carbocycles. The summed E-state index contributed by atoms with van der Waals surface area (Å²) in [5, 5.41) is 6.30. The zero-order valence-corrected chi connectivity index (χ0v) is 15.0. The number of aromatic amines is 1. The van der Waals surface area contributed by atoms with Crippen LogP contribution in [0.15, 0.2) is 30.6 Å². The van der Waals surface area contributed by atoms with Crippen molar-refractivity contribution in [1.82, 2.24) is 20.2 Å². The van der Waals surface area contributed by atoms with Crippen molar-refractivity contribution in [2.45, 2.75) is 6.92 Å². The normalized spacial score (nSPS) is 14.5. The van der Waals surface area contributed by atoms with E-state index in [9.17, 15) is 4.79 Å². The van der Waals surface area contributed by atoms with Gasteiger partial charge in [0.15, 0.2) is 5.82 Å². The van der Waals surface area contributed by atoms with Gasteiger partial charge in [-0.05, 0) is 24.6 Å². The summed E-state index contributed by atoms with van der Waals surface area (Å²) in [7, 11) is 5.80. The maximum Gasteiger partial charge on any atom is 0.256 e. The van der Waals surface area contributed by atoms with Crippen molar-refractivity contribution >= 4 is 41.6 Å². The lowest BCUT2D eigenvalue weighted by atomic mass is 9.94. The zero-order chi connectivity index (χ0) is 19.0. The van der Waals surface area contributed by atoms with E-state index in [1.807, 2.05) is 6.92 Å². The molecule has 0 spiro atoms. The van der Waals surface area contributed by atoms with Gasteiger partial charge in [-0.3, -0.25) is 4.79 Å². The molecule has 136 valence electrons. The van der Waals surface area contributed by atoms with E-state index >= 15 is 4.39 Å². The number of anilines is 2. The van der Waals surface area contributed by atoms with Crippen molar-refractivity contribution in [2.24, 2.45) is 0 Å². The van der Waals surface area contributed by atoms with Gasteiger partial charge in [-0.15, -0.1) is 0 Å². The lowest BCUT2D eigenvalue weighted by Gasteiger charge is -2.28. The van der Waals surface area contributed by atoms with E-state index in [2.05, 4.69) is 20.6 Å². The molecule has 27 heavy (non-hydrogen) atoms. The first-order chi connectivity index (χ1) is 13.0. The van der Waals surface area contributed by atoms with Crippen molar-refractivity contribution in [3.8, 4) is 0 Å². The molecule has 0 bridgehead atoms. The molecule has 0 atom stereocenters. The second-order valence-corrected chi connectivity index (χ2v) is 6.65. The predicted octanol–water partition coefficient (Wildman–Crippen LogP) is 1.59. The third kappa shape index (κ3) is 3.28. The van der Waals surface area contributed by atoms with E-state index in [4.69, 9.17) is 7.85 Å². The van der Waals surface area contributed by atoms with Gasteiger partial charge in [0, 0.05) is 31.9 Å². The number of imidazole rings is 1. The number of aryl methyl sites for hydroxylation is 1. The Kier molecular flexibility index (Phi) is 4.57. The maximum atomic E-state index is 15.2. The van der Waals surface area contributed by atoms with Gasteiger partial charge in [0.25, 0.3) is 5.91 Å². The molecular weight excluding hydrogens is 344 g/mol. The summed E-state index contributed by atoms with van der Waals surface area (Å²) in [6.07, 6.45) is 1.42. The zero-order valence-electron chi connectivity index (χ0n) is 15.0. The summed E-state index contributed by atoms with van der Waals surface area (Å²) in [6.45, 7) is 4.49. The third-order valence-electron chi connectivity index (χ3n) is 4.80. The van der Waals surface area contributed by atoms with Gasteiger partial charge < -0.3 is 20.5 Å². The topological polar surface area (TPSA) is 73.1 Å². The predicted molar refractivity (Wildman–Crippen MR) is 105 cm³/mol. The molecule has 1 aromatic heterocycles. The van der Waals surface area contributed by atoms with Gasteiger partial charge in [0.1, 0.15) is 13.4 Å². The summed E-state index contributed by atoms with van der Waals surface area (Å²) in [6, 6.07) is 6.96. The van der Waals surface area contributed by atoms with Crippen LogP contribution >= 0.6 is 0 Å². The Labute approximate surface area is 157 Å². The fourth-order valence-corrected chi connectivity index (χ4v) is 3.33. The first-order valence-electron chi connectivity index (χ1n) is 8.83. The van der Waals surface area contributed by atoms with Crippen LogP contribution in [0.5, 0.6) is 0 Å². The number of nitrogens with one attached hydrogen (secondary N) is 3. The first kappa shape index (κ1) is 17.5. The average Bonchev–Trinajstić information content (AvgIpc) is 3.15. The fraction of sp³-hybridized carbons (Fsp3) is 0.263. The highest BCUT2D eigenvalue weighted by atomic mass is 19.1. The highest BCUT2D eigenvalue weighted by Crippen LogP contribution is 2.31. The minimum Gasteiger partial charge on any atom is -0.352 e. The van der Waals surface area contributed by atoms with E-state index < -0.39 is 5.82 Å². The highest BCUT2D eigenvalue weighted by Gasteiger charge is 2.25. The van der Waals surface area contributed by atoms with Crippen LogP contribution < -0.4 is 16.1 Å². The van der Waals surface area contributed by atoms with Gasteiger partial charge in [-0.2, -0.15) is 0 Å². The molecule has 0 unspecified atom stereocenters. The number of hydrogen-bond acceptors (Lipinski definition) is 4. The number of amides is 1. The number of nitrogens with zero attached hydrogens (tertiary/aromatic N) is 2.